The van der Waals surface area contributed by atoms with Crippen LogP contribution in [0.1, 0.15) is 18.1 Å². The average molecular weight is 386 g/mol. The summed E-state index contributed by atoms with van der Waals surface area (Å²) in [5.41, 5.74) is 5.18. The molecule has 1 N–H and O–H groups in total. The summed E-state index contributed by atoms with van der Waals surface area (Å²) in [5.74, 6) is -0.134. The van der Waals surface area contributed by atoms with Crippen LogP contribution in [0, 0.1) is 6.92 Å². The van der Waals surface area contributed by atoms with Crippen LogP contribution in [0.4, 0.5) is 0 Å². The van der Waals surface area contributed by atoms with Crippen LogP contribution in [0.25, 0.3) is 0 Å². The number of aryl methyl sites for hydroxylation is 1. The number of hydrogen-bond donors (Lipinski definition) is 1. The lowest BCUT2D eigenvalue weighted by Crippen LogP contribution is -2.25. The molecule has 0 radical (unpaired) electrons. The van der Waals surface area contributed by atoms with Crippen LogP contribution in [-0.4, -0.2) is 18.2 Å². The molecule has 7 heteroatoms. The van der Waals surface area contributed by atoms with E-state index in [2.05, 4.69) is 10.5 Å². The zero-order valence-corrected chi connectivity index (χ0v) is 15.3. The molecule has 0 saturated heterocycles. The molecule has 0 saturated carbocycles. The number of ether oxygens (including phenoxy) is 1. The zero-order valence-electron chi connectivity index (χ0n) is 13.1. The molecule has 0 aliphatic rings. The number of hydrogen-bond acceptors (Lipinski definition) is 3. The molecule has 0 spiro atoms. The van der Waals surface area contributed by atoms with Gasteiger partial charge in [0.15, 0.2) is 6.61 Å². The van der Waals surface area contributed by atoms with Crippen LogP contribution in [0.15, 0.2) is 41.5 Å². The first-order valence-electron chi connectivity index (χ1n) is 7.04. The summed E-state index contributed by atoms with van der Waals surface area (Å²) >= 11 is 17.7. The van der Waals surface area contributed by atoms with E-state index in [9.17, 15) is 4.79 Å². The van der Waals surface area contributed by atoms with Crippen LogP contribution in [-0.2, 0) is 4.79 Å². The van der Waals surface area contributed by atoms with Gasteiger partial charge in [-0.15, -0.1) is 0 Å². The maximum Gasteiger partial charge on any atom is 0.277 e. The molecule has 0 aliphatic heterocycles. The van der Waals surface area contributed by atoms with E-state index in [-0.39, 0.29) is 17.4 Å². The smallest absolute Gasteiger partial charge is 0.277 e. The SMILES string of the molecule is C/C(=N\NC(=O)COc1cc(Cl)c(Cl)cc1Cl)c1cccc(C)c1. The fourth-order valence-corrected chi connectivity index (χ4v) is 2.46. The number of benzene rings is 2. The maximum absolute atomic E-state index is 11.8. The Balaban J connectivity index is 1.94. The summed E-state index contributed by atoms with van der Waals surface area (Å²) < 4.78 is 5.34. The van der Waals surface area contributed by atoms with Crippen LogP contribution in [0.2, 0.25) is 15.1 Å². The highest BCUT2D eigenvalue weighted by Crippen LogP contribution is 2.33. The van der Waals surface area contributed by atoms with Gasteiger partial charge in [0.25, 0.3) is 5.91 Å². The van der Waals surface area contributed by atoms with E-state index in [1.165, 1.54) is 12.1 Å². The molecule has 0 fully saturated rings. The molecule has 0 atom stereocenters. The van der Waals surface area contributed by atoms with Crippen molar-refractivity contribution in [3.05, 3.63) is 62.6 Å². The highest BCUT2D eigenvalue weighted by atomic mass is 35.5. The normalized spacial score (nSPS) is 11.3. The Bertz CT molecular complexity index is 791. The van der Waals surface area contributed by atoms with Crippen molar-refractivity contribution < 1.29 is 9.53 Å². The Labute approximate surface area is 155 Å². The molecule has 0 heterocycles. The Morgan fingerprint density at radius 1 is 1.12 bits per heavy atom. The molecule has 2 aromatic rings. The number of carbonyl (C=O) groups is 1. The van der Waals surface area contributed by atoms with Gasteiger partial charge in [-0.1, -0.05) is 64.6 Å². The summed E-state index contributed by atoms with van der Waals surface area (Å²) in [6.07, 6.45) is 0. The first-order chi connectivity index (χ1) is 11.4. The molecule has 0 unspecified atom stereocenters. The Morgan fingerprint density at radius 3 is 2.54 bits per heavy atom. The van der Waals surface area contributed by atoms with Gasteiger partial charge in [-0.3, -0.25) is 4.79 Å². The summed E-state index contributed by atoms with van der Waals surface area (Å²) in [5, 5.41) is 4.95. The molecule has 0 bridgehead atoms. The number of rotatable bonds is 5. The lowest BCUT2D eigenvalue weighted by Gasteiger charge is -2.09. The van der Waals surface area contributed by atoms with Gasteiger partial charge in [-0.05, 0) is 25.5 Å². The molecule has 24 heavy (non-hydrogen) atoms. The van der Waals surface area contributed by atoms with E-state index < -0.39 is 5.91 Å². The standard InChI is InChI=1S/C17H15Cl3N2O2/c1-10-4-3-5-12(6-10)11(2)21-22-17(23)9-24-16-8-14(19)13(18)7-15(16)20/h3-8H,9H2,1-2H3,(H,22,23)/b21-11+. The minimum atomic E-state index is -0.413. The molecule has 2 aromatic carbocycles. The number of nitrogens with one attached hydrogen (secondary N) is 1. The Kier molecular flexibility index (Phi) is 6.49. The number of amides is 1. The number of nitrogens with zero attached hydrogens (tertiary/aromatic N) is 1. The summed E-state index contributed by atoms with van der Waals surface area (Å²) in [4.78, 5) is 11.8. The zero-order chi connectivity index (χ0) is 17.7. The van der Waals surface area contributed by atoms with Gasteiger partial charge in [-0.25, -0.2) is 5.43 Å². The van der Waals surface area contributed by atoms with E-state index in [4.69, 9.17) is 39.5 Å². The summed E-state index contributed by atoms with van der Waals surface area (Å²) in [6, 6.07) is 10.7. The van der Waals surface area contributed by atoms with Gasteiger partial charge in [-0.2, -0.15) is 5.10 Å². The molecule has 1 amide bonds. The van der Waals surface area contributed by atoms with Crippen LogP contribution in [0.3, 0.4) is 0 Å². The van der Waals surface area contributed by atoms with Gasteiger partial charge >= 0.3 is 0 Å². The molecular formula is C17H15Cl3N2O2. The van der Waals surface area contributed by atoms with E-state index in [1.54, 1.807) is 0 Å². The predicted molar refractivity (Wildman–Crippen MR) is 98.5 cm³/mol. The Hall–Kier alpha value is -1.75. The minimum Gasteiger partial charge on any atom is -0.482 e. The Morgan fingerprint density at radius 2 is 1.83 bits per heavy atom. The third-order valence-corrected chi connectivity index (χ3v) is 4.14. The number of halogens is 3. The first-order valence-corrected chi connectivity index (χ1v) is 8.17. The van der Waals surface area contributed by atoms with Gasteiger partial charge in [0, 0.05) is 6.07 Å². The number of hydrazone groups is 1. The second-order valence-electron chi connectivity index (χ2n) is 5.09. The molecular weight excluding hydrogens is 371 g/mol. The summed E-state index contributed by atoms with van der Waals surface area (Å²) in [7, 11) is 0. The second-order valence-corrected chi connectivity index (χ2v) is 6.31. The second kappa shape index (κ2) is 8.38. The fourth-order valence-electron chi connectivity index (χ4n) is 1.87. The highest BCUT2D eigenvalue weighted by Gasteiger charge is 2.09. The van der Waals surface area contributed by atoms with Gasteiger partial charge in [0.2, 0.25) is 0 Å². The van der Waals surface area contributed by atoms with Crippen molar-refractivity contribution in [3.63, 3.8) is 0 Å². The lowest BCUT2D eigenvalue weighted by atomic mass is 10.1. The maximum atomic E-state index is 11.8. The van der Waals surface area contributed by atoms with Crippen molar-refractivity contribution in [1.82, 2.24) is 5.43 Å². The topological polar surface area (TPSA) is 50.7 Å². The van der Waals surface area contributed by atoms with E-state index in [0.29, 0.717) is 15.8 Å². The van der Waals surface area contributed by atoms with Crippen molar-refractivity contribution >= 4 is 46.4 Å². The van der Waals surface area contributed by atoms with Crippen LogP contribution in [0.5, 0.6) is 5.75 Å². The van der Waals surface area contributed by atoms with Crippen molar-refractivity contribution in [2.45, 2.75) is 13.8 Å². The van der Waals surface area contributed by atoms with E-state index in [0.717, 1.165) is 11.1 Å². The van der Waals surface area contributed by atoms with E-state index in [1.807, 2.05) is 38.1 Å². The van der Waals surface area contributed by atoms with Crippen molar-refractivity contribution in [1.29, 1.82) is 0 Å². The van der Waals surface area contributed by atoms with Crippen molar-refractivity contribution in [3.8, 4) is 5.75 Å². The third-order valence-electron chi connectivity index (χ3n) is 3.12. The molecule has 4 nitrogen and oxygen atoms in total. The predicted octanol–water partition coefficient (Wildman–Crippen LogP) is 4.87. The van der Waals surface area contributed by atoms with Crippen LogP contribution < -0.4 is 10.2 Å². The minimum absolute atomic E-state index is 0.248. The van der Waals surface area contributed by atoms with Crippen molar-refractivity contribution in [2.75, 3.05) is 6.61 Å². The molecule has 0 aromatic heterocycles. The van der Waals surface area contributed by atoms with Gasteiger partial charge < -0.3 is 4.74 Å². The largest absolute Gasteiger partial charge is 0.482 e. The average Bonchev–Trinajstić information content (AvgIpc) is 2.54. The van der Waals surface area contributed by atoms with Gasteiger partial charge in [0.05, 0.1) is 20.8 Å². The lowest BCUT2D eigenvalue weighted by molar-refractivity contribution is -0.123. The van der Waals surface area contributed by atoms with Crippen LogP contribution >= 0.6 is 34.8 Å². The molecule has 126 valence electrons. The number of carbonyl (C=O) groups excluding carboxylic acids is 1. The summed E-state index contributed by atoms with van der Waals surface area (Å²) in [6.45, 7) is 3.55. The van der Waals surface area contributed by atoms with E-state index >= 15 is 0 Å². The fraction of sp³-hybridized carbons (Fsp3) is 0.176. The third kappa shape index (κ3) is 5.13. The first kappa shape index (κ1) is 18.6. The quantitative estimate of drug-likeness (QED) is 0.453. The molecule has 2 rings (SSSR count). The molecule has 0 aliphatic carbocycles. The van der Waals surface area contributed by atoms with Gasteiger partial charge in [0.1, 0.15) is 5.75 Å². The highest BCUT2D eigenvalue weighted by molar-refractivity contribution is 6.43. The monoisotopic (exact) mass is 384 g/mol. The van der Waals surface area contributed by atoms with Crippen molar-refractivity contribution in [2.24, 2.45) is 5.10 Å².